The van der Waals surface area contributed by atoms with Crippen molar-refractivity contribution in [2.24, 2.45) is 0 Å². The summed E-state index contributed by atoms with van der Waals surface area (Å²) in [5.74, 6) is 0. The number of benzene rings is 8. The van der Waals surface area contributed by atoms with E-state index < -0.39 is 0 Å². The molecule has 0 N–H and O–H groups in total. The molecular formula is C51H37NO. The highest BCUT2D eigenvalue weighted by atomic mass is 16.3. The zero-order valence-corrected chi connectivity index (χ0v) is 29.8. The number of para-hydroxylation sites is 3. The molecule has 0 spiro atoms. The van der Waals surface area contributed by atoms with Gasteiger partial charge in [-0.25, -0.2) is 0 Å². The summed E-state index contributed by atoms with van der Waals surface area (Å²) in [6.07, 6.45) is 0. The predicted octanol–water partition coefficient (Wildman–Crippen LogP) is 14.4. The second-order valence-corrected chi connectivity index (χ2v) is 14.5. The van der Waals surface area contributed by atoms with Gasteiger partial charge in [0.1, 0.15) is 11.2 Å². The summed E-state index contributed by atoms with van der Waals surface area (Å²) in [6, 6.07) is 67.9. The lowest BCUT2D eigenvalue weighted by Gasteiger charge is -2.30. The molecule has 0 radical (unpaired) electrons. The van der Waals surface area contributed by atoms with Gasteiger partial charge in [-0.2, -0.15) is 0 Å². The van der Waals surface area contributed by atoms with E-state index in [2.05, 4.69) is 195 Å². The van der Waals surface area contributed by atoms with Crippen LogP contribution >= 0.6 is 0 Å². The molecule has 2 nitrogen and oxygen atoms in total. The fraction of sp³-hybridized carbons (Fsp3) is 0.0588. The van der Waals surface area contributed by atoms with E-state index in [0.29, 0.717) is 0 Å². The SMILES string of the molecule is CC1(C)c2ccccc2-c2c(-c3ccccc3N(c3ccc(-c4ccc5c(c4)oc4ccccc45)cc3)c3ccccc3-c3ccccc3)cccc21. The van der Waals surface area contributed by atoms with Gasteiger partial charge in [-0.3, -0.25) is 0 Å². The number of fused-ring (bicyclic) bond motifs is 6. The summed E-state index contributed by atoms with van der Waals surface area (Å²) in [7, 11) is 0. The Morgan fingerprint density at radius 1 is 0.396 bits per heavy atom. The molecule has 10 rings (SSSR count). The maximum absolute atomic E-state index is 6.26. The van der Waals surface area contributed by atoms with Gasteiger partial charge in [0.25, 0.3) is 0 Å². The van der Waals surface area contributed by atoms with Gasteiger partial charge < -0.3 is 9.32 Å². The Morgan fingerprint density at radius 2 is 0.981 bits per heavy atom. The van der Waals surface area contributed by atoms with Crippen molar-refractivity contribution in [1.29, 1.82) is 0 Å². The van der Waals surface area contributed by atoms with Crippen LogP contribution in [0.5, 0.6) is 0 Å². The van der Waals surface area contributed by atoms with Crippen molar-refractivity contribution >= 4 is 39.0 Å². The van der Waals surface area contributed by atoms with Gasteiger partial charge in [0.05, 0.1) is 11.4 Å². The lowest BCUT2D eigenvalue weighted by Crippen LogP contribution is -2.15. The Hall–Kier alpha value is -6.64. The standard InChI is InChI=1S/C51H37NO/c1-51(2)44-22-10-6-20-43(44)50-42(21-14-23-45(50)51)39-18-8-12-25-47(39)52(46-24-11-7-17-38(46)35-15-4-3-5-16-35)37-30-27-34(28-31-37)36-29-32-41-40-19-9-13-26-48(40)53-49(41)33-36/h3-33H,1-2H3. The molecule has 252 valence electrons. The molecule has 9 aromatic rings. The van der Waals surface area contributed by atoms with E-state index in [9.17, 15) is 0 Å². The number of furan rings is 1. The molecule has 2 heteroatoms. The first-order chi connectivity index (χ1) is 26.1. The largest absolute Gasteiger partial charge is 0.456 e. The molecule has 1 aromatic heterocycles. The van der Waals surface area contributed by atoms with Crippen molar-refractivity contribution in [3.8, 4) is 44.5 Å². The van der Waals surface area contributed by atoms with Gasteiger partial charge in [-0.1, -0.05) is 159 Å². The molecule has 0 amide bonds. The Labute approximate surface area is 310 Å². The van der Waals surface area contributed by atoms with Crippen LogP contribution in [-0.4, -0.2) is 0 Å². The Morgan fingerprint density at radius 3 is 1.79 bits per heavy atom. The Balaban J connectivity index is 1.16. The molecular weight excluding hydrogens is 643 g/mol. The van der Waals surface area contributed by atoms with E-state index >= 15 is 0 Å². The minimum absolute atomic E-state index is 0.0856. The van der Waals surface area contributed by atoms with Crippen molar-refractivity contribution in [2.45, 2.75) is 19.3 Å². The highest BCUT2D eigenvalue weighted by Gasteiger charge is 2.37. The average molecular weight is 680 g/mol. The maximum atomic E-state index is 6.26. The summed E-state index contributed by atoms with van der Waals surface area (Å²) in [6.45, 7) is 4.70. The first kappa shape index (κ1) is 31.1. The number of hydrogen-bond acceptors (Lipinski definition) is 2. The Kier molecular flexibility index (Phi) is 7.19. The molecule has 1 aliphatic rings. The molecule has 8 aromatic carbocycles. The van der Waals surface area contributed by atoms with E-state index in [4.69, 9.17) is 4.42 Å². The lowest BCUT2D eigenvalue weighted by atomic mass is 9.82. The van der Waals surface area contributed by atoms with Crippen molar-refractivity contribution in [1.82, 2.24) is 0 Å². The van der Waals surface area contributed by atoms with Crippen LogP contribution in [-0.2, 0) is 5.41 Å². The Bertz CT molecular complexity index is 2810. The van der Waals surface area contributed by atoms with Gasteiger partial charge in [0.15, 0.2) is 0 Å². The monoisotopic (exact) mass is 679 g/mol. The topological polar surface area (TPSA) is 16.4 Å². The van der Waals surface area contributed by atoms with Gasteiger partial charge in [-0.05, 0) is 87.0 Å². The average Bonchev–Trinajstić information content (AvgIpc) is 3.70. The van der Waals surface area contributed by atoms with Crippen LogP contribution in [0.3, 0.4) is 0 Å². The van der Waals surface area contributed by atoms with Gasteiger partial charge >= 0.3 is 0 Å². The highest BCUT2D eigenvalue weighted by Crippen LogP contribution is 2.54. The number of nitrogens with zero attached hydrogens (tertiary/aromatic N) is 1. The van der Waals surface area contributed by atoms with E-state index in [1.807, 2.05) is 12.1 Å². The van der Waals surface area contributed by atoms with Crippen molar-refractivity contribution in [2.75, 3.05) is 4.90 Å². The smallest absolute Gasteiger partial charge is 0.136 e. The summed E-state index contributed by atoms with van der Waals surface area (Å²) in [4.78, 5) is 2.44. The summed E-state index contributed by atoms with van der Waals surface area (Å²) < 4.78 is 6.26. The zero-order valence-electron chi connectivity index (χ0n) is 29.8. The number of anilines is 3. The van der Waals surface area contributed by atoms with Crippen molar-refractivity contribution in [3.05, 3.63) is 199 Å². The third-order valence-corrected chi connectivity index (χ3v) is 11.1. The van der Waals surface area contributed by atoms with Gasteiger partial charge in [0, 0.05) is 33.0 Å². The predicted molar refractivity (Wildman–Crippen MR) is 222 cm³/mol. The summed E-state index contributed by atoms with van der Waals surface area (Å²) >= 11 is 0. The third-order valence-electron chi connectivity index (χ3n) is 11.1. The van der Waals surface area contributed by atoms with Gasteiger partial charge in [0.2, 0.25) is 0 Å². The van der Waals surface area contributed by atoms with Crippen molar-refractivity contribution < 1.29 is 4.42 Å². The van der Waals surface area contributed by atoms with Crippen LogP contribution in [0.1, 0.15) is 25.0 Å². The van der Waals surface area contributed by atoms with E-state index in [0.717, 1.165) is 50.1 Å². The van der Waals surface area contributed by atoms with Gasteiger partial charge in [-0.15, -0.1) is 0 Å². The summed E-state index contributed by atoms with van der Waals surface area (Å²) in [5, 5.41) is 2.28. The minimum Gasteiger partial charge on any atom is -0.456 e. The van der Waals surface area contributed by atoms with Crippen molar-refractivity contribution in [3.63, 3.8) is 0 Å². The quantitative estimate of drug-likeness (QED) is 0.174. The molecule has 1 heterocycles. The molecule has 0 bridgehead atoms. The second kappa shape index (κ2) is 12.3. The highest BCUT2D eigenvalue weighted by molar-refractivity contribution is 6.06. The first-order valence-corrected chi connectivity index (χ1v) is 18.4. The zero-order chi connectivity index (χ0) is 35.5. The fourth-order valence-electron chi connectivity index (χ4n) is 8.52. The minimum atomic E-state index is -0.0856. The number of hydrogen-bond donors (Lipinski definition) is 0. The van der Waals surface area contributed by atoms with Crippen LogP contribution in [0.15, 0.2) is 192 Å². The van der Waals surface area contributed by atoms with Crippen LogP contribution in [0, 0.1) is 0 Å². The molecule has 1 aliphatic carbocycles. The lowest BCUT2D eigenvalue weighted by molar-refractivity contribution is 0.660. The van der Waals surface area contributed by atoms with E-state index in [1.165, 1.54) is 44.5 Å². The molecule has 0 aliphatic heterocycles. The third kappa shape index (κ3) is 5.02. The van der Waals surface area contributed by atoms with E-state index in [1.54, 1.807) is 0 Å². The fourth-order valence-corrected chi connectivity index (χ4v) is 8.52. The normalized spacial score (nSPS) is 12.9. The van der Waals surface area contributed by atoms with Crippen LogP contribution in [0.25, 0.3) is 66.4 Å². The first-order valence-electron chi connectivity index (χ1n) is 18.4. The molecule has 53 heavy (non-hydrogen) atoms. The molecule has 0 fully saturated rings. The molecule has 0 atom stereocenters. The number of rotatable bonds is 6. The molecule has 0 saturated heterocycles. The van der Waals surface area contributed by atoms with Crippen LogP contribution in [0.4, 0.5) is 17.1 Å². The molecule has 0 unspecified atom stereocenters. The second-order valence-electron chi connectivity index (χ2n) is 14.5. The van der Waals surface area contributed by atoms with Crippen LogP contribution in [0.2, 0.25) is 0 Å². The van der Waals surface area contributed by atoms with E-state index in [-0.39, 0.29) is 5.41 Å². The molecule has 0 saturated carbocycles. The maximum Gasteiger partial charge on any atom is 0.136 e. The summed E-state index contributed by atoms with van der Waals surface area (Å²) in [5.41, 5.74) is 17.5. The van der Waals surface area contributed by atoms with Crippen LogP contribution < -0.4 is 4.90 Å².